The lowest BCUT2D eigenvalue weighted by molar-refractivity contribution is -0.385. The second kappa shape index (κ2) is 6.51. The molecule has 2 rings (SSSR count). The number of nitro benzene ring substituents is 1. The third-order valence-corrected chi connectivity index (χ3v) is 3.52. The van der Waals surface area contributed by atoms with Crippen LogP contribution in [0.2, 0.25) is 0 Å². The first kappa shape index (κ1) is 14.5. The Kier molecular flexibility index (Phi) is 4.73. The van der Waals surface area contributed by atoms with Gasteiger partial charge in [-0.25, -0.2) is 4.98 Å². The minimum atomic E-state index is -0.413. The number of aromatic nitrogens is 2. The molecule has 0 bridgehead atoms. The van der Waals surface area contributed by atoms with E-state index in [-0.39, 0.29) is 5.69 Å². The number of imidazole rings is 1. The van der Waals surface area contributed by atoms with Crippen LogP contribution in [0.1, 0.15) is 19.0 Å². The maximum atomic E-state index is 10.7. The van der Waals surface area contributed by atoms with Gasteiger partial charge in [0, 0.05) is 24.5 Å². The smallest absolute Gasteiger partial charge is 0.283 e. The number of anilines is 1. The highest BCUT2D eigenvalue weighted by atomic mass is 79.9. The van der Waals surface area contributed by atoms with Crippen LogP contribution in [0.4, 0.5) is 11.4 Å². The molecular weight excluding hydrogens is 324 g/mol. The summed E-state index contributed by atoms with van der Waals surface area (Å²) < 4.78 is 2.56. The van der Waals surface area contributed by atoms with Gasteiger partial charge in [-0.2, -0.15) is 0 Å². The zero-order valence-corrected chi connectivity index (χ0v) is 12.6. The zero-order valence-electron chi connectivity index (χ0n) is 11.0. The van der Waals surface area contributed by atoms with Crippen molar-refractivity contribution in [1.82, 2.24) is 9.55 Å². The molecule has 0 aliphatic carbocycles. The Morgan fingerprint density at radius 3 is 2.95 bits per heavy atom. The fourth-order valence-corrected chi connectivity index (χ4v) is 2.42. The number of nitro groups is 1. The van der Waals surface area contributed by atoms with Crippen LogP contribution in [-0.4, -0.2) is 14.5 Å². The quantitative estimate of drug-likeness (QED) is 0.645. The summed E-state index contributed by atoms with van der Waals surface area (Å²) in [5, 5.41) is 14.0. The number of halogens is 1. The van der Waals surface area contributed by atoms with Crippen molar-refractivity contribution in [2.24, 2.45) is 0 Å². The predicted octanol–water partition coefficient (Wildman–Crippen LogP) is 3.58. The molecule has 1 aromatic heterocycles. The van der Waals surface area contributed by atoms with Crippen LogP contribution in [0, 0.1) is 10.1 Å². The van der Waals surface area contributed by atoms with Crippen molar-refractivity contribution in [3.05, 3.63) is 51.0 Å². The van der Waals surface area contributed by atoms with Crippen LogP contribution in [0.5, 0.6) is 0 Å². The third-order valence-electron chi connectivity index (χ3n) is 2.88. The van der Waals surface area contributed by atoms with Crippen molar-refractivity contribution >= 4 is 27.3 Å². The zero-order chi connectivity index (χ0) is 14.5. The van der Waals surface area contributed by atoms with Crippen LogP contribution >= 0.6 is 15.9 Å². The van der Waals surface area contributed by atoms with Gasteiger partial charge in [-0.05, 0) is 34.5 Å². The molecule has 0 saturated heterocycles. The summed E-state index contributed by atoms with van der Waals surface area (Å²) in [5.74, 6) is 0. The molecule has 0 fully saturated rings. The van der Waals surface area contributed by atoms with E-state index in [4.69, 9.17) is 0 Å². The van der Waals surface area contributed by atoms with Gasteiger partial charge in [0.2, 0.25) is 0 Å². The number of benzene rings is 1. The summed E-state index contributed by atoms with van der Waals surface area (Å²) in [6.45, 7) is 3.68. The Balaban J connectivity index is 2.05. The minimum Gasteiger partial charge on any atom is -0.379 e. The van der Waals surface area contributed by atoms with Crippen LogP contribution in [0.15, 0.2) is 35.2 Å². The van der Waals surface area contributed by atoms with Gasteiger partial charge in [0.1, 0.15) is 0 Å². The molecule has 1 heterocycles. The summed E-state index contributed by atoms with van der Waals surface area (Å²) in [6.07, 6.45) is 4.68. The van der Waals surface area contributed by atoms with Crippen molar-refractivity contribution < 1.29 is 4.92 Å². The Labute approximate surface area is 125 Å². The maximum absolute atomic E-state index is 10.7. The maximum Gasteiger partial charge on any atom is 0.283 e. The summed E-state index contributed by atoms with van der Waals surface area (Å²) in [4.78, 5) is 14.5. The first-order chi connectivity index (χ1) is 9.61. The van der Waals surface area contributed by atoms with Crippen molar-refractivity contribution in [3.8, 4) is 0 Å². The van der Waals surface area contributed by atoms with E-state index in [1.807, 2.05) is 12.5 Å². The van der Waals surface area contributed by atoms with Gasteiger partial charge in [0.15, 0.2) is 0 Å². The van der Waals surface area contributed by atoms with Gasteiger partial charge in [0.25, 0.3) is 5.69 Å². The van der Waals surface area contributed by atoms with E-state index in [1.54, 1.807) is 12.1 Å². The molecule has 0 spiro atoms. The molecule has 0 amide bonds. The molecule has 0 radical (unpaired) electrons. The summed E-state index contributed by atoms with van der Waals surface area (Å²) in [5.41, 5.74) is 1.97. The fraction of sp³-hybridized carbons (Fsp3) is 0.308. The highest BCUT2D eigenvalue weighted by Gasteiger charge is 2.11. The molecule has 106 valence electrons. The first-order valence-corrected chi connectivity index (χ1v) is 7.08. The number of nitrogens with zero attached hydrogens (tertiary/aromatic N) is 3. The lowest BCUT2D eigenvalue weighted by Gasteiger charge is -2.09. The van der Waals surface area contributed by atoms with Crippen LogP contribution in [-0.2, 0) is 13.1 Å². The molecule has 0 aliphatic heterocycles. The Hall–Kier alpha value is -1.89. The number of nitrogens with one attached hydrogen (secondary N) is 1. The van der Waals surface area contributed by atoms with Crippen molar-refractivity contribution in [3.63, 3.8) is 0 Å². The third kappa shape index (κ3) is 3.36. The van der Waals surface area contributed by atoms with Crippen molar-refractivity contribution in [2.45, 2.75) is 26.4 Å². The van der Waals surface area contributed by atoms with Gasteiger partial charge in [-0.15, -0.1) is 0 Å². The molecular formula is C13H15BrN4O2. The average Bonchev–Trinajstić information content (AvgIpc) is 2.84. The molecule has 0 unspecified atom stereocenters. The minimum absolute atomic E-state index is 0.0616. The molecule has 0 aliphatic rings. The molecule has 1 aromatic carbocycles. The van der Waals surface area contributed by atoms with Gasteiger partial charge < -0.3 is 9.88 Å². The van der Waals surface area contributed by atoms with E-state index in [1.165, 1.54) is 6.07 Å². The molecule has 0 atom stereocenters. The summed E-state index contributed by atoms with van der Waals surface area (Å²) in [7, 11) is 0. The lowest BCUT2D eigenvalue weighted by atomic mass is 10.3. The molecule has 1 N–H and O–H groups in total. The lowest BCUT2D eigenvalue weighted by Crippen LogP contribution is -2.07. The molecule has 6 nitrogen and oxygen atoms in total. The normalized spacial score (nSPS) is 10.5. The summed E-state index contributed by atoms with van der Waals surface area (Å²) in [6, 6.07) is 4.89. The Morgan fingerprint density at radius 2 is 2.30 bits per heavy atom. The number of aryl methyl sites for hydroxylation is 1. The van der Waals surface area contributed by atoms with Gasteiger partial charge >= 0.3 is 0 Å². The largest absolute Gasteiger partial charge is 0.379 e. The van der Waals surface area contributed by atoms with Gasteiger partial charge in [-0.3, -0.25) is 10.1 Å². The summed E-state index contributed by atoms with van der Waals surface area (Å²) >= 11 is 3.21. The predicted molar refractivity (Wildman–Crippen MR) is 80.6 cm³/mol. The van der Waals surface area contributed by atoms with E-state index >= 15 is 0 Å². The molecule has 0 saturated carbocycles. The second-order valence-electron chi connectivity index (χ2n) is 4.36. The SMILES string of the molecule is CCCn1cncc1CNc1ccc([N+](=O)[O-])c(Br)c1. The van der Waals surface area contributed by atoms with Gasteiger partial charge in [0.05, 0.1) is 28.0 Å². The second-order valence-corrected chi connectivity index (χ2v) is 5.21. The number of hydrogen-bond donors (Lipinski definition) is 1. The van der Waals surface area contributed by atoms with Crippen LogP contribution < -0.4 is 5.32 Å². The fourth-order valence-electron chi connectivity index (χ4n) is 1.90. The highest BCUT2D eigenvalue weighted by molar-refractivity contribution is 9.10. The monoisotopic (exact) mass is 338 g/mol. The van der Waals surface area contributed by atoms with Crippen molar-refractivity contribution in [1.29, 1.82) is 0 Å². The average molecular weight is 339 g/mol. The molecule has 7 heteroatoms. The van der Waals surface area contributed by atoms with E-state index in [9.17, 15) is 10.1 Å². The molecule has 20 heavy (non-hydrogen) atoms. The van der Waals surface area contributed by atoms with E-state index in [2.05, 4.69) is 37.7 Å². The highest BCUT2D eigenvalue weighted by Crippen LogP contribution is 2.27. The van der Waals surface area contributed by atoms with E-state index < -0.39 is 4.92 Å². The van der Waals surface area contributed by atoms with Gasteiger partial charge in [-0.1, -0.05) is 6.92 Å². The Bertz CT molecular complexity index is 612. The van der Waals surface area contributed by atoms with Crippen LogP contribution in [0.25, 0.3) is 0 Å². The van der Waals surface area contributed by atoms with Crippen LogP contribution in [0.3, 0.4) is 0 Å². The first-order valence-electron chi connectivity index (χ1n) is 6.28. The Morgan fingerprint density at radius 1 is 1.50 bits per heavy atom. The van der Waals surface area contributed by atoms with E-state index in [0.717, 1.165) is 24.3 Å². The molecule has 2 aromatic rings. The standard InChI is InChI=1S/C13H15BrN4O2/c1-2-5-17-9-15-7-11(17)8-16-10-3-4-13(18(19)20)12(14)6-10/h3-4,6-7,9,16H,2,5,8H2,1H3. The topological polar surface area (TPSA) is 73.0 Å². The number of rotatable bonds is 6. The van der Waals surface area contributed by atoms with E-state index in [0.29, 0.717) is 11.0 Å². The number of hydrogen-bond acceptors (Lipinski definition) is 4. The van der Waals surface area contributed by atoms with Crippen molar-refractivity contribution in [2.75, 3.05) is 5.32 Å².